The highest BCUT2D eigenvalue weighted by Gasteiger charge is 2.48. The molecule has 122 valence electrons. The fourth-order valence-corrected chi connectivity index (χ4v) is 3.02. The first-order valence-corrected chi connectivity index (χ1v) is 7.96. The molecule has 1 saturated heterocycles. The molecule has 6 heteroatoms. The zero-order valence-electron chi connectivity index (χ0n) is 13.0. The topological polar surface area (TPSA) is 57.7 Å². The van der Waals surface area contributed by atoms with E-state index in [0.717, 1.165) is 17.7 Å². The minimum atomic E-state index is -0.723. The van der Waals surface area contributed by atoms with Crippen LogP contribution in [0.2, 0.25) is 0 Å². The fraction of sp³-hybridized carbons (Fsp3) is 0.471. The number of benzene rings is 1. The summed E-state index contributed by atoms with van der Waals surface area (Å²) in [6.45, 7) is 1.91. The van der Waals surface area contributed by atoms with Crippen molar-refractivity contribution >= 4 is 23.4 Å². The number of anilines is 1. The fourth-order valence-electron chi connectivity index (χ4n) is 3.02. The summed E-state index contributed by atoms with van der Waals surface area (Å²) in [5.74, 6) is -1.23. The minimum absolute atomic E-state index is 0.00215. The molecule has 1 heterocycles. The second-order valence-corrected chi connectivity index (χ2v) is 6.05. The number of carbonyl (C=O) groups is 3. The van der Waals surface area contributed by atoms with E-state index in [9.17, 15) is 18.8 Å². The highest BCUT2D eigenvalue weighted by molar-refractivity contribution is 6.23. The molecule has 5 nitrogen and oxygen atoms in total. The number of hydrogen-bond acceptors (Lipinski definition) is 3. The Morgan fingerprint density at radius 1 is 1.26 bits per heavy atom. The average Bonchev–Trinajstić information content (AvgIpc) is 3.29. The Morgan fingerprint density at radius 2 is 1.91 bits per heavy atom. The number of rotatable bonds is 5. The molecule has 1 aliphatic carbocycles. The van der Waals surface area contributed by atoms with E-state index >= 15 is 0 Å². The van der Waals surface area contributed by atoms with Crippen molar-refractivity contribution in [1.29, 1.82) is 0 Å². The van der Waals surface area contributed by atoms with Crippen LogP contribution in [0.15, 0.2) is 24.3 Å². The van der Waals surface area contributed by atoms with Gasteiger partial charge in [0, 0.05) is 12.5 Å². The molecule has 0 bridgehead atoms. The van der Waals surface area contributed by atoms with E-state index in [-0.39, 0.29) is 24.3 Å². The van der Waals surface area contributed by atoms with Crippen LogP contribution in [0.1, 0.15) is 39.0 Å². The van der Waals surface area contributed by atoms with Crippen LogP contribution in [0, 0.1) is 5.82 Å². The van der Waals surface area contributed by atoms with E-state index in [1.807, 2.05) is 6.92 Å². The highest BCUT2D eigenvalue weighted by Crippen LogP contribution is 2.34. The molecular formula is C17H19FN2O3. The molecule has 0 aromatic heterocycles. The van der Waals surface area contributed by atoms with Crippen molar-refractivity contribution in [2.45, 2.75) is 51.1 Å². The van der Waals surface area contributed by atoms with Gasteiger partial charge in [-0.3, -0.25) is 14.4 Å². The van der Waals surface area contributed by atoms with Crippen LogP contribution in [0.5, 0.6) is 0 Å². The van der Waals surface area contributed by atoms with E-state index in [1.165, 1.54) is 24.3 Å². The van der Waals surface area contributed by atoms with Crippen LogP contribution in [0.25, 0.3) is 0 Å². The number of nitrogens with zero attached hydrogens (tertiary/aromatic N) is 2. The largest absolute Gasteiger partial charge is 0.327 e. The summed E-state index contributed by atoms with van der Waals surface area (Å²) in [5, 5.41) is 0. The number of imide groups is 1. The number of amides is 3. The number of carbonyl (C=O) groups excluding carboxylic acids is 3. The maximum Gasteiger partial charge on any atom is 0.257 e. The molecule has 1 aromatic rings. The molecule has 0 spiro atoms. The maximum absolute atomic E-state index is 13.0. The molecule has 1 unspecified atom stereocenters. The van der Waals surface area contributed by atoms with Gasteiger partial charge < -0.3 is 4.90 Å². The Bertz CT molecular complexity index is 640. The summed E-state index contributed by atoms with van der Waals surface area (Å²) in [7, 11) is 0. The third-order valence-electron chi connectivity index (χ3n) is 4.24. The summed E-state index contributed by atoms with van der Waals surface area (Å²) in [5.41, 5.74) is 0.350. The van der Waals surface area contributed by atoms with Gasteiger partial charge in [0.2, 0.25) is 11.8 Å². The van der Waals surface area contributed by atoms with Gasteiger partial charge >= 0.3 is 0 Å². The summed E-state index contributed by atoms with van der Waals surface area (Å²) in [6.07, 6.45) is 2.85. The first-order chi connectivity index (χ1) is 11.0. The molecular weight excluding hydrogens is 299 g/mol. The molecule has 3 rings (SSSR count). The molecule has 2 aliphatic rings. The van der Waals surface area contributed by atoms with Crippen LogP contribution < -0.4 is 4.90 Å². The van der Waals surface area contributed by atoms with E-state index in [0.29, 0.717) is 18.5 Å². The van der Waals surface area contributed by atoms with Crippen molar-refractivity contribution < 1.29 is 18.8 Å². The summed E-state index contributed by atoms with van der Waals surface area (Å²) in [4.78, 5) is 40.0. The Balaban J connectivity index is 1.84. The number of hydrogen-bond donors (Lipinski definition) is 0. The van der Waals surface area contributed by atoms with Crippen molar-refractivity contribution in [3.05, 3.63) is 30.1 Å². The van der Waals surface area contributed by atoms with Gasteiger partial charge in [0.1, 0.15) is 11.9 Å². The maximum atomic E-state index is 13.0. The van der Waals surface area contributed by atoms with E-state index in [1.54, 1.807) is 4.90 Å². The van der Waals surface area contributed by atoms with Crippen molar-refractivity contribution in [2.75, 3.05) is 4.90 Å². The first kappa shape index (κ1) is 15.6. The molecule has 0 radical (unpaired) electrons. The lowest BCUT2D eigenvalue weighted by Crippen LogP contribution is -2.46. The van der Waals surface area contributed by atoms with Gasteiger partial charge in [0.15, 0.2) is 0 Å². The van der Waals surface area contributed by atoms with Gasteiger partial charge in [-0.25, -0.2) is 9.29 Å². The van der Waals surface area contributed by atoms with Crippen LogP contribution in [0.3, 0.4) is 0 Å². The molecule has 0 N–H and O–H groups in total. The first-order valence-electron chi connectivity index (χ1n) is 7.96. The van der Waals surface area contributed by atoms with Crippen molar-refractivity contribution in [3.8, 4) is 0 Å². The zero-order valence-corrected chi connectivity index (χ0v) is 13.0. The summed E-state index contributed by atoms with van der Waals surface area (Å²) < 4.78 is 13.0. The van der Waals surface area contributed by atoms with Gasteiger partial charge in [-0.1, -0.05) is 6.92 Å². The van der Waals surface area contributed by atoms with Gasteiger partial charge in [-0.15, -0.1) is 0 Å². The minimum Gasteiger partial charge on any atom is -0.327 e. The molecule has 2 fully saturated rings. The molecule has 1 saturated carbocycles. The second kappa shape index (κ2) is 6.10. The predicted octanol–water partition coefficient (Wildman–Crippen LogP) is 2.25. The monoisotopic (exact) mass is 318 g/mol. The van der Waals surface area contributed by atoms with Gasteiger partial charge in [0.05, 0.1) is 12.1 Å². The van der Waals surface area contributed by atoms with Crippen molar-refractivity contribution in [1.82, 2.24) is 4.90 Å². The molecule has 1 aliphatic heterocycles. The molecule has 23 heavy (non-hydrogen) atoms. The van der Waals surface area contributed by atoms with E-state index in [2.05, 4.69) is 0 Å². The lowest BCUT2D eigenvalue weighted by atomic mass is 10.1. The van der Waals surface area contributed by atoms with Gasteiger partial charge in [0.25, 0.3) is 5.91 Å². The Hall–Kier alpha value is -2.24. The van der Waals surface area contributed by atoms with Crippen molar-refractivity contribution in [3.63, 3.8) is 0 Å². The average molecular weight is 318 g/mol. The van der Waals surface area contributed by atoms with E-state index in [4.69, 9.17) is 0 Å². The molecule has 1 aromatic carbocycles. The normalized spacial score (nSPS) is 21.0. The second-order valence-electron chi connectivity index (χ2n) is 6.05. The van der Waals surface area contributed by atoms with Crippen LogP contribution >= 0.6 is 0 Å². The summed E-state index contributed by atoms with van der Waals surface area (Å²) in [6, 6.07) is 4.59. The quantitative estimate of drug-likeness (QED) is 0.782. The van der Waals surface area contributed by atoms with Gasteiger partial charge in [-0.05, 0) is 43.5 Å². The third-order valence-corrected chi connectivity index (χ3v) is 4.24. The van der Waals surface area contributed by atoms with Crippen LogP contribution in [-0.2, 0) is 14.4 Å². The molecule has 1 atom stereocenters. The lowest BCUT2D eigenvalue weighted by Gasteiger charge is -2.27. The highest BCUT2D eigenvalue weighted by atomic mass is 19.1. The predicted molar refractivity (Wildman–Crippen MR) is 82.1 cm³/mol. The van der Waals surface area contributed by atoms with E-state index < -0.39 is 17.8 Å². The Labute approximate surface area is 134 Å². The smallest absolute Gasteiger partial charge is 0.257 e. The molecule has 3 amide bonds. The number of halogens is 1. The zero-order chi connectivity index (χ0) is 16.6. The standard InChI is InChI=1S/C17H19FN2O3/c1-2-3-15(21)19(12-8-9-12)14-10-16(22)20(17(14)23)13-6-4-11(18)5-7-13/h4-7,12,14H,2-3,8-10H2,1H3. The Morgan fingerprint density at radius 3 is 2.48 bits per heavy atom. The lowest BCUT2D eigenvalue weighted by molar-refractivity contribution is -0.139. The SMILES string of the molecule is CCCC(=O)N(C1CC1)C1CC(=O)N(c2ccc(F)cc2)C1=O. The summed E-state index contributed by atoms with van der Waals surface area (Å²) >= 11 is 0. The van der Waals surface area contributed by atoms with Crippen LogP contribution in [0.4, 0.5) is 10.1 Å². The van der Waals surface area contributed by atoms with Crippen molar-refractivity contribution in [2.24, 2.45) is 0 Å². The third kappa shape index (κ3) is 2.98. The van der Waals surface area contributed by atoms with Crippen LogP contribution in [-0.4, -0.2) is 34.7 Å². The Kier molecular flexibility index (Phi) is 4.15. The van der Waals surface area contributed by atoms with Gasteiger partial charge in [-0.2, -0.15) is 0 Å².